The molecule has 0 aliphatic rings. The molecule has 12 heteroatoms. The number of hydrogen-bond donors (Lipinski definition) is 0. The summed E-state index contributed by atoms with van der Waals surface area (Å²) >= 11 is 12.5. The van der Waals surface area contributed by atoms with Crippen molar-refractivity contribution in [1.82, 2.24) is 0 Å². The summed E-state index contributed by atoms with van der Waals surface area (Å²) in [6, 6.07) is 37.1. The minimum absolute atomic E-state index is 0.0271. The van der Waals surface area contributed by atoms with Crippen LogP contribution in [0, 0.1) is 0 Å². The predicted molar refractivity (Wildman–Crippen MR) is 230 cm³/mol. The van der Waals surface area contributed by atoms with Gasteiger partial charge >= 0.3 is 0 Å². The molecule has 284 valence electrons. The fraction of sp³-hybridized carbons (Fsp3) is 0.190. The van der Waals surface area contributed by atoms with Crippen LogP contribution in [0.2, 0.25) is 0 Å². The molecule has 0 N–H and O–H groups in total. The minimum atomic E-state index is -0.0271. The summed E-state index contributed by atoms with van der Waals surface area (Å²) in [4.78, 5) is 45.2. The molecule has 0 heterocycles. The van der Waals surface area contributed by atoms with Crippen LogP contribution >= 0.6 is 63.7 Å². The topological polar surface area (TPSA) is 105 Å². The second-order valence-electron chi connectivity index (χ2n) is 10.7. The molecule has 0 unspecified atom stereocenters. The van der Waals surface area contributed by atoms with Crippen LogP contribution < -0.4 is 18.9 Å². The van der Waals surface area contributed by atoms with Crippen LogP contribution in [0.3, 0.4) is 0 Å². The molecule has 0 radical (unpaired) electrons. The van der Waals surface area contributed by atoms with E-state index in [0.717, 1.165) is 16.9 Å². The third-order valence-electron chi connectivity index (χ3n) is 7.31. The first-order chi connectivity index (χ1) is 26.1. The highest BCUT2D eigenvalue weighted by molar-refractivity contribution is 9.10. The van der Waals surface area contributed by atoms with Gasteiger partial charge in [-0.3, -0.25) is 19.2 Å². The molecule has 5 aromatic carbocycles. The third-order valence-corrected chi connectivity index (χ3v) is 9.35. The minimum Gasteiger partial charge on any atom is -0.497 e. The SMILES string of the molecule is COc1ccc(C(=O)CBr)cc1.COc1ccc(OC)c(C(=O)CBr)c1.COc1cccc(C(=O)CBr)c1.O=C(CBr)c1ccc(-c2ccccc2)cc1. The molecule has 8 nitrogen and oxygen atoms in total. The lowest BCUT2D eigenvalue weighted by Crippen LogP contribution is -2.03. The van der Waals surface area contributed by atoms with Gasteiger partial charge in [-0.15, -0.1) is 0 Å². The Hall–Kier alpha value is -4.10. The van der Waals surface area contributed by atoms with Gasteiger partial charge in [-0.25, -0.2) is 0 Å². The van der Waals surface area contributed by atoms with Crippen molar-refractivity contribution in [2.75, 3.05) is 49.8 Å². The van der Waals surface area contributed by atoms with Gasteiger partial charge in [0.05, 0.1) is 55.3 Å². The summed E-state index contributed by atoms with van der Waals surface area (Å²) in [7, 11) is 6.27. The molecular formula is C42H40Br4O8. The molecule has 0 aliphatic heterocycles. The molecular weight excluding hydrogens is 952 g/mol. The van der Waals surface area contributed by atoms with Gasteiger partial charge in [0.1, 0.15) is 23.0 Å². The monoisotopic (exact) mass is 988 g/mol. The second-order valence-corrected chi connectivity index (χ2v) is 12.9. The standard InChI is InChI=1S/C14H11BrO.C10H11BrO3.2C9H9BrO2/c15-10-14(16)13-8-6-12(7-9-13)11-4-2-1-3-5-11;1-13-7-3-4-10(14-2)8(5-7)9(12)6-11;1-12-8-4-2-7(3-5-8)9(11)6-10;1-12-8-4-2-3-7(5-8)9(11)6-10/h1-9H,10H2;3-5H,6H2,1-2H3;2*2-5H,6H2,1H3. The van der Waals surface area contributed by atoms with Crippen LogP contribution in [-0.2, 0) is 0 Å². The number of halogens is 4. The molecule has 0 saturated heterocycles. The van der Waals surface area contributed by atoms with E-state index >= 15 is 0 Å². The predicted octanol–water partition coefficient (Wildman–Crippen LogP) is 10.8. The summed E-state index contributed by atoms with van der Waals surface area (Å²) in [5, 5.41) is 1.35. The number of Topliss-reactive ketones (excluding diaryl/α,β-unsaturated/α-hetero) is 4. The van der Waals surface area contributed by atoms with Crippen molar-refractivity contribution in [3.05, 3.63) is 144 Å². The zero-order valence-corrected chi connectivity index (χ0v) is 36.5. The second kappa shape index (κ2) is 25.8. The van der Waals surface area contributed by atoms with Crippen molar-refractivity contribution in [1.29, 1.82) is 0 Å². The van der Waals surface area contributed by atoms with E-state index in [0.29, 0.717) is 49.9 Å². The van der Waals surface area contributed by atoms with E-state index in [1.54, 1.807) is 82.0 Å². The summed E-state index contributed by atoms with van der Waals surface area (Å²) < 4.78 is 20.0. The molecule has 5 aromatic rings. The zero-order chi connectivity index (χ0) is 39.9. The zero-order valence-electron chi connectivity index (χ0n) is 30.2. The van der Waals surface area contributed by atoms with Crippen molar-refractivity contribution in [3.8, 4) is 34.1 Å². The van der Waals surface area contributed by atoms with Crippen LogP contribution in [0.4, 0.5) is 0 Å². The van der Waals surface area contributed by atoms with Crippen molar-refractivity contribution in [3.63, 3.8) is 0 Å². The molecule has 0 aromatic heterocycles. The molecule has 5 rings (SSSR count). The van der Waals surface area contributed by atoms with Crippen LogP contribution in [0.1, 0.15) is 41.4 Å². The van der Waals surface area contributed by atoms with E-state index in [1.165, 1.54) is 12.7 Å². The maximum absolute atomic E-state index is 11.5. The van der Waals surface area contributed by atoms with E-state index in [2.05, 4.69) is 75.9 Å². The average Bonchev–Trinajstić information content (AvgIpc) is 3.25. The fourth-order valence-electron chi connectivity index (χ4n) is 4.39. The lowest BCUT2D eigenvalue weighted by atomic mass is 10.0. The van der Waals surface area contributed by atoms with Gasteiger partial charge in [-0.2, -0.15) is 0 Å². The number of hydrogen-bond acceptors (Lipinski definition) is 8. The molecule has 0 fully saturated rings. The maximum Gasteiger partial charge on any atom is 0.177 e. The Morgan fingerprint density at radius 3 is 1.33 bits per heavy atom. The Morgan fingerprint density at radius 1 is 0.407 bits per heavy atom. The number of carbonyl (C=O) groups excluding carboxylic acids is 4. The highest BCUT2D eigenvalue weighted by atomic mass is 79.9. The van der Waals surface area contributed by atoms with Crippen molar-refractivity contribution in [2.45, 2.75) is 0 Å². The van der Waals surface area contributed by atoms with Gasteiger partial charge in [-0.1, -0.05) is 130 Å². The first kappa shape index (κ1) is 46.1. The Kier molecular flexibility index (Phi) is 22.0. The highest BCUT2D eigenvalue weighted by Gasteiger charge is 2.12. The van der Waals surface area contributed by atoms with Gasteiger partial charge < -0.3 is 18.9 Å². The molecule has 0 bridgehead atoms. The van der Waals surface area contributed by atoms with Gasteiger partial charge in [0, 0.05) is 16.7 Å². The third kappa shape index (κ3) is 15.3. The van der Waals surface area contributed by atoms with Crippen LogP contribution in [-0.4, -0.2) is 72.9 Å². The van der Waals surface area contributed by atoms with Crippen molar-refractivity contribution >= 4 is 86.9 Å². The van der Waals surface area contributed by atoms with Crippen molar-refractivity contribution in [2.24, 2.45) is 0 Å². The highest BCUT2D eigenvalue weighted by Crippen LogP contribution is 2.25. The molecule has 0 spiro atoms. The largest absolute Gasteiger partial charge is 0.497 e. The van der Waals surface area contributed by atoms with E-state index in [1.807, 2.05) is 48.5 Å². The Bertz CT molecular complexity index is 1920. The number of alkyl halides is 4. The molecule has 54 heavy (non-hydrogen) atoms. The normalized spacial score (nSPS) is 9.70. The van der Waals surface area contributed by atoms with Gasteiger partial charge in [-0.05, 0) is 65.7 Å². The Morgan fingerprint density at radius 2 is 0.852 bits per heavy atom. The van der Waals surface area contributed by atoms with E-state index in [4.69, 9.17) is 18.9 Å². The summed E-state index contributed by atoms with van der Waals surface area (Å²) in [6.45, 7) is 0. The maximum atomic E-state index is 11.5. The Balaban J connectivity index is 0.000000251. The van der Waals surface area contributed by atoms with Crippen LogP contribution in [0.25, 0.3) is 11.1 Å². The van der Waals surface area contributed by atoms with E-state index in [-0.39, 0.29) is 28.5 Å². The number of benzene rings is 5. The summed E-state index contributed by atoms with van der Waals surface area (Å²) in [5.74, 6) is 2.92. The number of methoxy groups -OCH3 is 4. The van der Waals surface area contributed by atoms with Crippen LogP contribution in [0.5, 0.6) is 23.0 Å². The van der Waals surface area contributed by atoms with E-state index < -0.39 is 0 Å². The molecule has 0 saturated carbocycles. The first-order valence-electron chi connectivity index (χ1n) is 16.1. The number of ether oxygens (including phenoxy) is 4. The van der Waals surface area contributed by atoms with E-state index in [9.17, 15) is 19.2 Å². The summed E-state index contributed by atoms with van der Waals surface area (Å²) in [6.07, 6.45) is 0. The fourth-order valence-corrected chi connectivity index (χ4v) is 5.66. The number of rotatable bonds is 13. The smallest absolute Gasteiger partial charge is 0.177 e. The molecule has 0 amide bonds. The average molecular weight is 992 g/mol. The van der Waals surface area contributed by atoms with Gasteiger partial charge in [0.15, 0.2) is 23.1 Å². The first-order valence-corrected chi connectivity index (χ1v) is 20.6. The summed E-state index contributed by atoms with van der Waals surface area (Å²) in [5.41, 5.74) is 4.95. The lowest BCUT2D eigenvalue weighted by molar-refractivity contribution is 0.101. The molecule has 0 atom stereocenters. The van der Waals surface area contributed by atoms with Gasteiger partial charge in [0.2, 0.25) is 0 Å². The molecule has 0 aliphatic carbocycles. The number of carbonyl (C=O) groups is 4. The Labute approximate surface area is 350 Å². The lowest BCUT2D eigenvalue weighted by Gasteiger charge is -2.08. The van der Waals surface area contributed by atoms with Crippen LogP contribution in [0.15, 0.2) is 121 Å². The quantitative estimate of drug-likeness (QED) is 0.0849. The number of ketones is 4. The van der Waals surface area contributed by atoms with Gasteiger partial charge in [0.25, 0.3) is 0 Å². The van der Waals surface area contributed by atoms with Crippen molar-refractivity contribution < 1.29 is 38.1 Å².